The van der Waals surface area contributed by atoms with Crippen LogP contribution in [0.4, 0.5) is 17.5 Å². The molecular weight excluding hydrogens is 458 g/mol. The number of nitrogens with zero attached hydrogens (tertiary/aromatic N) is 5. The molecule has 0 spiro atoms. The van der Waals surface area contributed by atoms with E-state index in [0.29, 0.717) is 23.0 Å². The molecule has 0 aliphatic carbocycles. The largest absolute Gasteiger partial charge is 0.420 e. The molecule has 36 heavy (non-hydrogen) atoms. The average Bonchev–Trinajstić information content (AvgIpc) is 3.36. The second-order valence-corrected chi connectivity index (χ2v) is 8.45. The van der Waals surface area contributed by atoms with E-state index in [0.717, 1.165) is 12.1 Å². The highest BCUT2D eigenvalue weighted by atomic mass is 16.4. The van der Waals surface area contributed by atoms with Gasteiger partial charge in [0.15, 0.2) is 0 Å². The summed E-state index contributed by atoms with van der Waals surface area (Å²) in [6.07, 6.45) is 2.30. The number of carbonyl (C=O) groups is 1. The van der Waals surface area contributed by atoms with Crippen LogP contribution in [-0.2, 0) is 6.42 Å². The van der Waals surface area contributed by atoms with Crippen molar-refractivity contribution in [1.82, 2.24) is 25.1 Å². The van der Waals surface area contributed by atoms with Gasteiger partial charge < -0.3 is 25.5 Å². The van der Waals surface area contributed by atoms with Crippen molar-refractivity contribution in [3.05, 3.63) is 77.8 Å². The molecule has 1 amide bonds. The van der Waals surface area contributed by atoms with Crippen LogP contribution in [0.15, 0.2) is 65.2 Å². The van der Waals surface area contributed by atoms with Crippen LogP contribution in [-0.4, -0.2) is 56.8 Å². The molecule has 0 saturated carbocycles. The number of aliphatic hydroxyl groups excluding tert-OH is 1. The van der Waals surface area contributed by atoms with Gasteiger partial charge in [-0.2, -0.15) is 4.98 Å². The van der Waals surface area contributed by atoms with E-state index in [1.807, 2.05) is 44.2 Å². The van der Waals surface area contributed by atoms with Crippen LogP contribution in [0.5, 0.6) is 0 Å². The lowest BCUT2D eigenvalue weighted by atomic mass is 10.2. The Bertz CT molecular complexity index is 1260. The molecule has 0 unspecified atom stereocenters. The van der Waals surface area contributed by atoms with Gasteiger partial charge in [-0.3, -0.25) is 4.79 Å². The third-order valence-electron chi connectivity index (χ3n) is 5.02. The Morgan fingerprint density at radius 1 is 1.08 bits per heavy atom. The molecule has 10 nitrogen and oxygen atoms in total. The van der Waals surface area contributed by atoms with Gasteiger partial charge in [-0.15, -0.1) is 10.2 Å². The van der Waals surface area contributed by atoms with Gasteiger partial charge >= 0.3 is 0 Å². The summed E-state index contributed by atoms with van der Waals surface area (Å²) in [5, 5.41) is 19.5. The maximum absolute atomic E-state index is 11.9. The molecule has 2 heterocycles. The van der Waals surface area contributed by atoms with E-state index < -0.39 is 0 Å². The normalized spacial score (nSPS) is 10.5. The van der Waals surface area contributed by atoms with E-state index >= 15 is 0 Å². The molecule has 0 aliphatic heterocycles. The van der Waals surface area contributed by atoms with Gasteiger partial charge in [0.1, 0.15) is 5.82 Å². The number of nitrogens with two attached hydrogens (primary N) is 1. The number of carbonyl (C=O) groups excluding carboxylic acids is 1. The van der Waals surface area contributed by atoms with Crippen LogP contribution >= 0.6 is 0 Å². The summed E-state index contributed by atoms with van der Waals surface area (Å²) in [5.74, 6) is 1.43. The summed E-state index contributed by atoms with van der Waals surface area (Å²) < 4.78 is 5.59. The Morgan fingerprint density at radius 2 is 1.78 bits per heavy atom. The van der Waals surface area contributed by atoms with E-state index in [1.54, 1.807) is 38.4 Å². The fourth-order valence-electron chi connectivity index (χ4n) is 3.05. The van der Waals surface area contributed by atoms with E-state index in [-0.39, 0.29) is 30.1 Å². The molecule has 10 heteroatoms. The van der Waals surface area contributed by atoms with Crippen LogP contribution in [0.1, 0.15) is 41.6 Å². The number of aromatic nitrogens is 4. The summed E-state index contributed by atoms with van der Waals surface area (Å²) >= 11 is 0. The maximum atomic E-state index is 11.9. The number of nitrogens with one attached hydrogen (secondary N) is 1. The van der Waals surface area contributed by atoms with Gasteiger partial charge in [0.2, 0.25) is 11.8 Å². The van der Waals surface area contributed by atoms with Crippen molar-refractivity contribution in [3.63, 3.8) is 0 Å². The number of anilines is 3. The summed E-state index contributed by atoms with van der Waals surface area (Å²) in [6, 6.07) is 17.0. The van der Waals surface area contributed by atoms with E-state index in [9.17, 15) is 4.79 Å². The molecule has 4 N–H and O–H groups in total. The van der Waals surface area contributed by atoms with Gasteiger partial charge in [-0.1, -0.05) is 44.2 Å². The van der Waals surface area contributed by atoms with Crippen molar-refractivity contribution in [2.45, 2.75) is 26.2 Å². The summed E-state index contributed by atoms with van der Waals surface area (Å²) in [4.78, 5) is 21.9. The van der Waals surface area contributed by atoms with Crippen molar-refractivity contribution in [2.75, 3.05) is 31.8 Å². The monoisotopic (exact) mass is 489 g/mol. The highest BCUT2D eigenvalue weighted by Gasteiger charge is 2.16. The van der Waals surface area contributed by atoms with Gasteiger partial charge in [0.05, 0.1) is 5.56 Å². The highest BCUT2D eigenvalue weighted by Crippen LogP contribution is 2.26. The Morgan fingerprint density at radius 3 is 2.33 bits per heavy atom. The molecule has 2 aromatic carbocycles. The van der Waals surface area contributed by atoms with Crippen molar-refractivity contribution >= 4 is 23.4 Å². The van der Waals surface area contributed by atoms with Crippen LogP contribution in [0.2, 0.25) is 0 Å². The van der Waals surface area contributed by atoms with Gasteiger partial charge in [0.25, 0.3) is 11.8 Å². The molecule has 188 valence electrons. The SMILES string of the molecule is CC(C)c1nnc(-c2cnc(Nc3ccc(C(=O)N(C)C)cc3)nc2N)o1.OCCc1ccccc1. The van der Waals surface area contributed by atoms with Crippen molar-refractivity contribution < 1.29 is 14.3 Å². The van der Waals surface area contributed by atoms with Gasteiger partial charge in [-0.05, 0) is 36.2 Å². The summed E-state index contributed by atoms with van der Waals surface area (Å²) in [7, 11) is 3.42. The molecule has 4 rings (SSSR count). The standard InChI is InChI=1S/C18H21N7O2.C8H10O/c1-10(2)15-23-24-16(27-15)13-9-20-18(22-14(13)19)21-12-7-5-11(6-8-12)17(26)25(3)4;9-7-6-8-4-2-1-3-5-8/h5-10H,1-4H3,(H3,19,20,21,22);1-5,9H,6-7H2. The minimum atomic E-state index is -0.0632. The lowest BCUT2D eigenvalue weighted by Gasteiger charge is -2.11. The molecule has 0 aliphatic rings. The fraction of sp³-hybridized carbons (Fsp3) is 0.269. The van der Waals surface area contributed by atoms with Crippen molar-refractivity contribution in [3.8, 4) is 11.5 Å². The van der Waals surface area contributed by atoms with Crippen LogP contribution in [0, 0.1) is 0 Å². The first-order chi connectivity index (χ1) is 17.3. The lowest BCUT2D eigenvalue weighted by Crippen LogP contribution is -2.21. The third kappa shape index (κ3) is 7.09. The van der Waals surface area contributed by atoms with Crippen molar-refractivity contribution in [2.24, 2.45) is 0 Å². The molecule has 2 aromatic heterocycles. The first-order valence-electron chi connectivity index (χ1n) is 11.5. The number of nitrogen functional groups attached to an aromatic ring is 1. The smallest absolute Gasteiger partial charge is 0.253 e. The van der Waals surface area contributed by atoms with Crippen LogP contribution in [0.3, 0.4) is 0 Å². The zero-order valence-electron chi connectivity index (χ0n) is 20.8. The van der Waals surface area contributed by atoms with E-state index in [1.165, 1.54) is 16.7 Å². The number of rotatable bonds is 7. The fourth-order valence-corrected chi connectivity index (χ4v) is 3.05. The molecule has 0 atom stereocenters. The predicted octanol–water partition coefficient (Wildman–Crippen LogP) is 3.90. The van der Waals surface area contributed by atoms with Crippen molar-refractivity contribution in [1.29, 1.82) is 0 Å². The maximum Gasteiger partial charge on any atom is 0.253 e. The molecular formula is C26H31N7O3. The predicted molar refractivity (Wildman–Crippen MR) is 139 cm³/mol. The van der Waals surface area contributed by atoms with E-state index in [2.05, 4.69) is 25.5 Å². The number of amides is 1. The number of benzene rings is 2. The summed E-state index contributed by atoms with van der Waals surface area (Å²) in [5.41, 5.74) is 9.02. The molecule has 4 aromatic rings. The number of aliphatic hydroxyl groups is 1. The Balaban J connectivity index is 0.000000338. The van der Waals surface area contributed by atoms with E-state index in [4.69, 9.17) is 15.3 Å². The van der Waals surface area contributed by atoms with Crippen LogP contribution < -0.4 is 11.1 Å². The quantitative estimate of drug-likeness (QED) is 0.352. The Kier molecular flexibility index (Phi) is 9.07. The summed E-state index contributed by atoms with van der Waals surface area (Å²) in [6.45, 7) is 4.16. The molecule has 0 radical (unpaired) electrons. The van der Waals surface area contributed by atoms with Crippen LogP contribution in [0.25, 0.3) is 11.5 Å². The minimum Gasteiger partial charge on any atom is -0.420 e. The number of hydrogen-bond donors (Lipinski definition) is 3. The second-order valence-electron chi connectivity index (χ2n) is 8.45. The van der Waals surface area contributed by atoms with Gasteiger partial charge in [0, 0.05) is 44.1 Å². The third-order valence-corrected chi connectivity index (χ3v) is 5.02. The zero-order valence-corrected chi connectivity index (χ0v) is 20.8. The first-order valence-corrected chi connectivity index (χ1v) is 11.5. The molecule has 0 bridgehead atoms. The van der Waals surface area contributed by atoms with Gasteiger partial charge in [-0.25, -0.2) is 4.98 Å². The topological polar surface area (TPSA) is 143 Å². The minimum absolute atomic E-state index is 0.0632. The highest BCUT2D eigenvalue weighted by molar-refractivity contribution is 5.94. The first kappa shape index (κ1) is 26.3. The lowest BCUT2D eigenvalue weighted by molar-refractivity contribution is 0.0827. The molecule has 0 fully saturated rings. The zero-order chi connectivity index (χ0) is 26.1. The molecule has 0 saturated heterocycles. The number of hydrogen-bond acceptors (Lipinski definition) is 9. The average molecular weight is 490 g/mol. The Labute approximate surface area is 210 Å². The second kappa shape index (κ2) is 12.4. The Hall–Kier alpha value is -4.31.